The van der Waals surface area contributed by atoms with Crippen molar-refractivity contribution in [3.63, 3.8) is 0 Å². The second-order valence-corrected chi connectivity index (χ2v) is 9.96. The molecular weight excluding hydrogens is 462 g/mol. The maximum atomic E-state index is 14.0. The first-order valence-corrected chi connectivity index (χ1v) is 12.5. The fourth-order valence-corrected chi connectivity index (χ4v) is 5.62. The number of sulfone groups is 1. The topological polar surface area (TPSA) is 84.5 Å². The first-order chi connectivity index (χ1) is 16.2. The van der Waals surface area contributed by atoms with Crippen LogP contribution in [-0.2, 0) is 21.1 Å². The highest BCUT2D eigenvalue weighted by Gasteiger charge is 2.36. The number of unbranched alkanes of at least 4 members (excludes halogenated alkanes) is 1. The third-order valence-electron chi connectivity index (χ3n) is 5.12. The molecule has 183 valence electrons. The summed E-state index contributed by atoms with van der Waals surface area (Å²) in [7, 11) is -2.76. The summed E-state index contributed by atoms with van der Waals surface area (Å²) in [4.78, 5) is 12.0. The standard InChI is InChI=1S/C25H29F2N2O4S/c1-4-6-12-34(31,32)24(20-14-21(26)16-22(27)15-20)23(29-25(30)33-3)10-11-28-17-19-9-7-8-18(5-2)13-19/h2,7-10,13-16,23-24,28H,4,6,11-12,17H2,1,3H3,(H,29,30)/t23-,24?/m0/s1. The number of amides is 1. The van der Waals surface area contributed by atoms with Gasteiger partial charge in [0, 0.05) is 24.7 Å². The summed E-state index contributed by atoms with van der Waals surface area (Å²) in [5.41, 5.74) is 1.55. The number of halogens is 2. The summed E-state index contributed by atoms with van der Waals surface area (Å²) >= 11 is 0. The van der Waals surface area contributed by atoms with E-state index < -0.39 is 38.9 Å². The fraction of sp³-hybridized carbons (Fsp3) is 0.360. The zero-order valence-electron chi connectivity index (χ0n) is 19.2. The van der Waals surface area contributed by atoms with Gasteiger partial charge in [-0.1, -0.05) is 31.4 Å². The Hall–Kier alpha value is -2.96. The van der Waals surface area contributed by atoms with Crippen LogP contribution in [0.3, 0.4) is 0 Å². The average Bonchev–Trinajstić information content (AvgIpc) is 2.79. The van der Waals surface area contributed by atoms with E-state index in [9.17, 15) is 22.0 Å². The van der Waals surface area contributed by atoms with Crippen LogP contribution in [0.2, 0.25) is 0 Å². The average molecular weight is 492 g/mol. The van der Waals surface area contributed by atoms with Crippen LogP contribution in [0.4, 0.5) is 13.6 Å². The number of carbonyl (C=O) groups excluding carboxylic acids is 1. The van der Waals surface area contributed by atoms with Crippen molar-refractivity contribution in [2.45, 2.75) is 37.6 Å². The van der Waals surface area contributed by atoms with Gasteiger partial charge in [-0.15, -0.1) is 6.42 Å². The largest absolute Gasteiger partial charge is 0.453 e. The van der Waals surface area contributed by atoms with E-state index in [1.165, 1.54) is 0 Å². The van der Waals surface area contributed by atoms with Gasteiger partial charge in [0.1, 0.15) is 16.9 Å². The summed E-state index contributed by atoms with van der Waals surface area (Å²) in [5.74, 6) is 0.535. The zero-order valence-corrected chi connectivity index (χ0v) is 20.0. The highest BCUT2D eigenvalue weighted by Crippen LogP contribution is 2.30. The Morgan fingerprint density at radius 3 is 2.53 bits per heavy atom. The van der Waals surface area contributed by atoms with Crippen LogP contribution in [0.25, 0.3) is 0 Å². The lowest BCUT2D eigenvalue weighted by Gasteiger charge is -2.28. The van der Waals surface area contributed by atoms with Gasteiger partial charge in [-0.2, -0.15) is 0 Å². The Balaban J connectivity index is 2.30. The first-order valence-electron chi connectivity index (χ1n) is 10.8. The van der Waals surface area contributed by atoms with Crippen molar-refractivity contribution in [2.75, 3.05) is 19.4 Å². The summed E-state index contributed by atoms with van der Waals surface area (Å²) in [5, 5.41) is 4.23. The number of methoxy groups -OCH3 is 1. The fourth-order valence-electron chi connectivity index (χ4n) is 3.50. The number of nitrogens with one attached hydrogen (secondary N) is 2. The zero-order chi connectivity index (χ0) is 25.1. The van der Waals surface area contributed by atoms with Gasteiger partial charge in [0.05, 0.1) is 18.9 Å². The lowest BCUT2D eigenvalue weighted by atomic mass is 10.0. The van der Waals surface area contributed by atoms with E-state index in [0.717, 1.165) is 30.4 Å². The van der Waals surface area contributed by atoms with E-state index in [-0.39, 0.29) is 17.9 Å². The second-order valence-electron chi connectivity index (χ2n) is 7.72. The van der Waals surface area contributed by atoms with Crippen molar-refractivity contribution in [1.82, 2.24) is 10.6 Å². The van der Waals surface area contributed by atoms with Gasteiger partial charge in [0.25, 0.3) is 0 Å². The SMILES string of the molecule is C#Cc1cccc(CNC[CH][C@H](NC(=O)OC)C(c2cc(F)cc(F)c2)S(=O)(=O)CCCC)c1. The van der Waals surface area contributed by atoms with Crippen LogP contribution < -0.4 is 10.6 Å². The molecule has 34 heavy (non-hydrogen) atoms. The molecule has 2 aromatic carbocycles. The van der Waals surface area contributed by atoms with E-state index in [2.05, 4.69) is 21.3 Å². The molecule has 2 N–H and O–H groups in total. The molecule has 0 spiro atoms. The van der Waals surface area contributed by atoms with Gasteiger partial charge in [0.15, 0.2) is 9.84 Å². The van der Waals surface area contributed by atoms with Crippen molar-refractivity contribution >= 4 is 15.9 Å². The summed E-state index contributed by atoms with van der Waals surface area (Å²) < 4.78 is 59.1. The molecule has 2 rings (SSSR count). The van der Waals surface area contributed by atoms with Crippen LogP contribution in [0.5, 0.6) is 0 Å². The molecule has 0 saturated carbocycles. The molecule has 2 atom stereocenters. The van der Waals surface area contributed by atoms with Gasteiger partial charge in [-0.25, -0.2) is 22.0 Å². The molecular formula is C25H29F2N2O4S. The van der Waals surface area contributed by atoms with Crippen molar-refractivity contribution in [3.05, 3.63) is 77.2 Å². The predicted octanol–water partition coefficient (Wildman–Crippen LogP) is 3.92. The van der Waals surface area contributed by atoms with Crippen molar-refractivity contribution in [1.29, 1.82) is 0 Å². The molecule has 2 aromatic rings. The smallest absolute Gasteiger partial charge is 0.407 e. The summed E-state index contributed by atoms with van der Waals surface area (Å²) in [6.45, 7) is 2.45. The number of hydrogen-bond donors (Lipinski definition) is 2. The Kier molecular flexibility index (Phi) is 10.5. The quantitative estimate of drug-likeness (QED) is 0.347. The molecule has 0 saturated heterocycles. The van der Waals surface area contributed by atoms with Gasteiger partial charge in [-0.3, -0.25) is 0 Å². The third kappa shape index (κ3) is 8.12. The van der Waals surface area contributed by atoms with Crippen molar-refractivity contribution in [3.8, 4) is 12.3 Å². The highest BCUT2D eigenvalue weighted by molar-refractivity contribution is 7.91. The van der Waals surface area contributed by atoms with Crippen LogP contribution in [0, 0.1) is 30.4 Å². The van der Waals surface area contributed by atoms with E-state index in [4.69, 9.17) is 6.42 Å². The molecule has 9 heteroatoms. The number of hydrogen-bond acceptors (Lipinski definition) is 5. The van der Waals surface area contributed by atoms with Crippen LogP contribution in [0.15, 0.2) is 42.5 Å². The first kappa shape index (κ1) is 27.3. The number of alkyl carbamates (subject to hydrolysis) is 1. The second kappa shape index (κ2) is 13.1. The van der Waals surface area contributed by atoms with Crippen LogP contribution in [0.1, 0.15) is 41.7 Å². The van der Waals surface area contributed by atoms with Gasteiger partial charge >= 0.3 is 6.09 Å². The lowest BCUT2D eigenvalue weighted by molar-refractivity contribution is 0.167. The van der Waals surface area contributed by atoms with E-state index in [0.29, 0.717) is 25.5 Å². The molecule has 0 heterocycles. The van der Waals surface area contributed by atoms with Crippen LogP contribution in [-0.4, -0.2) is 40.0 Å². The molecule has 0 bridgehead atoms. The van der Waals surface area contributed by atoms with Crippen molar-refractivity contribution in [2.24, 2.45) is 0 Å². The van der Waals surface area contributed by atoms with E-state index in [1.54, 1.807) is 12.5 Å². The highest BCUT2D eigenvalue weighted by atomic mass is 32.2. The van der Waals surface area contributed by atoms with Crippen LogP contribution >= 0.6 is 0 Å². The molecule has 1 radical (unpaired) electrons. The normalized spacial score (nSPS) is 13.0. The molecule has 1 amide bonds. The lowest BCUT2D eigenvalue weighted by Crippen LogP contribution is -2.44. The number of ether oxygens (including phenoxy) is 1. The molecule has 1 unspecified atom stereocenters. The monoisotopic (exact) mass is 491 g/mol. The summed E-state index contributed by atoms with van der Waals surface area (Å²) in [6, 6.07) is 8.83. The number of carbonyl (C=O) groups is 1. The Labute approximate surface area is 200 Å². The number of terminal acetylenes is 1. The molecule has 0 aliphatic heterocycles. The maximum absolute atomic E-state index is 14.0. The Morgan fingerprint density at radius 2 is 1.91 bits per heavy atom. The number of benzene rings is 2. The molecule has 0 aliphatic rings. The maximum Gasteiger partial charge on any atom is 0.407 e. The minimum absolute atomic E-state index is 0.0898. The molecule has 6 nitrogen and oxygen atoms in total. The molecule has 0 aliphatic carbocycles. The van der Waals surface area contributed by atoms with Gasteiger partial charge < -0.3 is 15.4 Å². The van der Waals surface area contributed by atoms with Gasteiger partial charge in [0.2, 0.25) is 0 Å². The molecule has 0 fully saturated rings. The number of rotatable bonds is 12. The minimum atomic E-state index is -3.91. The predicted molar refractivity (Wildman–Crippen MR) is 128 cm³/mol. The molecule has 0 aromatic heterocycles. The summed E-state index contributed by atoms with van der Waals surface area (Å²) in [6.07, 6.45) is 7.07. The Morgan fingerprint density at radius 1 is 1.21 bits per heavy atom. The van der Waals surface area contributed by atoms with E-state index in [1.807, 2.05) is 25.1 Å². The van der Waals surface area contributed by atoms with E-state index >= 15 is 0 Å². The van der Waals surface area contributed by atoms with Gasteiger partial charge in [-0.05, 0) is 48.2 Å². The Bertz CT molecular complexity index is 1100. The minimum Gasteiger partial charge on any atom is -0.453 e. The third-order valence-corrected chi connectivity index (χ3v) is 7.31. The van der Waals surface area contributed by atoms with Crippen molar-refractivity contribution < 1.29 is 26.7 Å².